The summed E-state index contributed by atoms with van der Waals surface area (Å²) < 4.78 is 0. The molecule has 18 heavy (non-hydrogen) atoms. The zero-order chi connectivity index (χ0) is 14.1. The van der Waals surface area contributed by atoms with E-state index in [1.165, 1.54) is 0 Å². The van der Waals surface area contributed by atoms with Crippen LogP contribution in [0.3, 0.4) is 0 Å². The van der Waals surface area contributed by atoms with E-state index in [1.807, 2.05) is 33.8 Å². The molecule has 0 aromatic heterocycles. The maximum Gasteiger partial charge on any atom is 0.237 e. The summed E-state index contributed by atoms with van der Waals surface area (Å²) in [6, 6.07) is 2.12. The van der Waals surface area contributed by atoms with Gasteiger partial charge in [0.2, 0.25) is 11.8 Å². The molecular weight excluding hydrogens is 230 g/mol. The van der Waals surface area contributed by atoms with Crippen LogP contribution in [0.15, 0.2) is 0 Å². The molecule has 0 bridgehead atoms. The van der Waals surface area contributed by atoms with E-state index in [1.54, 1.807) is 0 Å². The molecule has 0 saturated heterocycles. The smallest absolute Gasteiger partial charge is 0.237 e. The van der Waals surface area contributed by atoms with Gasteiger partial charge in [-0.25, -0.2) is 0 Å². The van der Waals surface area contributed by atoms with Crippen molar-refractivity contribution >= 4 is 11.8 Å². The first-order valence-corrected chi connectivity index (χ1v) is 6.39. The van der Waals surface area contributed by atoms with Gasteiger partial charge in [0.25, 0.3) is 0 Å². The van der Waals surface area contributed by atoms with Gasteiger partial charge in [-0.2, -0.15) is 5.26 Å². The van der Waals surface area contributed by atoms with Gasteiger partial charge in [-0.1, -0.05) is 20.8 Å². The number of carbonyl (C=O) groups is 2. The van der Waals surface area contributed by atoms with E-state index < -0.39 is 5.92 Å². The topological polar surface area (TPSA) is 82.0 Å². The maximum absolute atomic E-state index is 11.6. The van der Waals surface area contributed by atoms with Gasteiger partial charge in [-0.3, -0.25) is 9.59 Å². The van der Waals surface area contributed by atoms with Crippen molar-refractivity contribution in [3.63, 3.8) is 0 Å². The lowest BCUT2D eigenvalue weighted by atomic mass is 9.97. The van der Waals surface area contributed by atoms with Crippen molar-refractivity contribution in [1.29, 1.82) is 5.26 Å². The van der Waals surface area contributed by atoms with Crippen LogP contribution in [0.4, 0.5) is 0 Å². The lowest BCUT2D eigenvalue weighted by Gasteiger charge is -2.14. The Bertz CT molecular complexity index is 321. The molecule has 2 N–H and O–H groups in total. The fourth-order valence-corrected chi connectivity index (χ4v) is 1.37. The summed E-state index contributed by atoms with van der Waals surface area (Å²) in [5.41, 5.74) is 0. The van der Waals surface area contributed by atoms with E-state index in [0.29, 0.717) is 0 Å². The first-order valence-electron chi connectivity index (χ1n) is 6.39. The molecule has 0 aliphatic heterocycles. The standard InChI is InChI=1S/C13H23N3O2/c1-5-10(4)16-12(17)6-7-15-13(18)11(8-14)9(2)3/h9-11H,5-7H2,1-4H3,(H,15,18)(H,16,17). The van der Waals surface area contributed by atoms with Crippen molar-refractivity contribution in [1.82, 2.24) is 10.6 Å². The van der Waals surface area contributed by atoms with Crippen molar-refractivity contribution in [3.05, 3.63) is 0 Å². The minimum atomic E-state index is -0.650. The normalized spacial score (nSPS) is 13.6. The molecule has 0 saturated carbocycles. The third-order valence-electron chi connectivity index (χ3n) is 2.76. The Balaban J connectivity index is 3.95. The SMILES string of the molecule is CCC(C)NC(=O)CCNC(=O)C(C#N)C(C)C. The molecule has 0 heterocycles. The van der Waals surface area contributed by atoms with Gasteiger partial charge in [0, 0.05) is 19.0 Å². The van der Waals surface area contributed by atoms with Crippen LogP contribution in [0.25, 0.3) is 0 Å². The Hall–Kier alpha value is -1.57. The van der Waals surface area contributed by atoms with Gasteiger partial charge >= 0.3 is 0 Å². The minimum Gasteiger partial charge on any atom is -0.354 e. The number of nitriles is 1. The molecule has 102 valence electrons. The summed E-state index contributed by atoms with van der Waals surface area (Å²) in [5, 5.41) is 14.3. The molecule has 0 rings (SSSR count). The molecule has 0 aliphatic rings. The van der Waals surface area contributed by atoms with Crippen LogP contribution in [0.2, 0.25) is 0 Å². The van der Waals surface area contributed by atoms with Crippen molar-refractivity contribution in [2.24, 2.45) is 11.8 Å². The van der Waals surface area contributed by atoms with Crippen LogP contribution in [0.1, 0.15) is 40.5 Å². The molecule has 0 spiro atoms. The second-order valence-electron chi connectivity index (χ2n) is 4.77. The number of hydrogen-bond donors (Lipinski definition) is 2. The zero-order valence-electron chi connectivity index (χ0n) is 11.6. The van der Waals surface area contributed by atoms with E-state index in [0.717, 1.165) is 6.42 Å². The molecule has 2 unspecified atom stereocenters. The van der Waals surface area contributed by atoms with E-state index in [4.69, 9.17) is 5.26 Å². The van der Waals surface area contributed by atoms with Gasteiger partial charge in [0.05, 0.1) is 6.07 Å². The largest absolute Gasteiger partial charge is 0.354 e. The highest BCUT2D eigenvalue weighted by atomic mass is 16.2. The minimum absolute atomic E-state index is 0.0241. The monoisotopic (exact) mass is 253 g/mol. The van der Waals surface area contributed by atoms with Crippen molar-refractivity contribution < 1.29 is 9.59 Å². The second-order valence-corrected chi connectivity index (χ2v) is 4.77. The summed E-state index contributed by atoms with van der Waals surface area (Å²) >= 11 is 0. The number of amides is 2. The molecule has 0 aromatic carbocycles. The lowest BCUT2D eigenvalue weighted by molar-refractivity contribution is -0.124. The number of nitrogens with one attached hydrogen (secondary N) is 2. The number of rotatable bonds is 7. The summed E-state index contributed by atoms with van der Waals surface area (Å²) in [5.74, 6) is -1.06. The third-order valence-corrected chi connectivity index (χ3v) is 2.76. The van der Waals surface area contributed by atoms with Gasteiger partial charge in [0.15, 0.2) is 0 Å². The van der Waals surface area contributed by atoms with Crippen LogP contribution in [-0.4, -0.2) is 24.4 Å². The second kappa shape index (κ2) is 8.51. The predicted molar refractivity (Wildman–Crippen MR) is 69.5 cm³/mol. The van der Waals surface area contributed by atoms with Crippen LogP contribution < -0.4 is 10.6 Å². The van der Waals surface area contributed by atoms with Crippen molar-refractivity contribution in [2.45, 2.75) is 46.6 Å². The van der Waals surface area contributed by atoms with E-state index in [2.05, 4.69) is 10.6 Å². The summed E-state index contributed by atoms with van der Waals surface area (Å²) in [7, 11) is 0. The van der Waals surface area contributed by atoms with Crippen molar-refractivity contribution in [3.8, 4) is 6.07 Å². The summed E-state index contributed by atoms with van der Waals surface area (Å²) in [6.07, 6.45) is 1.12. The van der Waals surface area contributed by atoms with Crippen LogP contribution in [-0.2, 0) is 9.59 Å². The van der Waals surface area contributed by atoms with E-state index in [9.17, 15) is 9.59 Å². The van der Waals surface area contributed by atoms with E-state index >= 15 is 0 Å². The Kier molecular flexibility index (Phi) is 7.77. The number of nitrogens with zero attached hydrogens (tertiary/aromatic N) is 1. The molecule has 0 aliphatic carbocycles. The Labute approximate surface area is 109 Å². The Morgan fingerprint density at radius 2 is 1.89 bits per heavy atom. The molecule has 0 fully saturated rings. The molecule has 0 radical (unpaired) electrons. The quantitative estimate of drug-likeness (QED) is 0.715. The highest BCUT2D eigenvalue weighted by Crippen LogP contribution is 2.08. The molecule has 2 atom stereocenters. The number of carbonyl (C=O) groups excluding carboxylic acids is 2. The first kappa shape index (κ1) is 16.4. The average Bonchev–Trinajstić information content (AvgIpc) is 2.29. The highest BCUT2D eigenvalue weighted by Gasteiger charge is 2.21. The molecule has 0 aromatic rings. The van der Waals surface area contributed by atoms with Crippen LogP contribution >= 0.6 is 0 Å². The van der Waals surface area contributed by atoms with Crippen LogP contribution in [0.5, 0.6) is 0 Å². The van der Waals surface area contributed by atoms with Gasteiger partial charge < -0.3 is 10.6 Å². The first-order chi connectivity index (χ1) is 8.42. The van der Waals surface area contributed by atoms with E-state index in [-0.39, 0.29) is 36.7 Å². The van der Waals surface area contributed by atoms with Crippen LogP contribution in [0, 0.1) is 23.2 Å². The Morgan fingerprint density at radius 1 is 1.28 bits per heavy atom. The van der Waals surface area contributed by atoms with Crippen molar-refractivity contribution in [2.75, 3.05) is 6.54 Å². The molecule has 5 heteroatoms. The summed E-state index contributed by atoms with van der Waals surface area (Å²) in [4.78, 5) is 23.0. The average molecular weight is 253 g/mol. The molecule has 5 nitrogen and oxygen atoms in total. The third kappa shape index (κ3) is 6.24. The predicted octanol–water partition coefficient (Wildman–Crippen LogP) is 1.20. The summed E-state index contributed by atoms with van der Waals surface area (Å²) in [6.45, 7) is 7.84. The van der Waals surface area contributed by atoms with Gasteiger partial charge in [0.1, 0.15) is 5.92 Å². The Morgan fingerprint density at radius 3 is 2.33 bits per heavy atom. The zero-order valence-corrected chi connectivity index (χ0v) is 11.6. The number of hydrogen-bond acceptors (Lipinski definition) is 3. The fraction of sp³-hybridized carbons (Fsp3) is 0.769. The lowest BCUT2D eigenvalue weighted by Crippen LogP contribution is -2.37. The molecular formula is C13H23N3O2. The highest BCUT2D eigenvalue weighted by molar-refractivity contribution is 5.82. The molecule has 2 amide bonds. The fourth-order valence-electron chi connectivity index (χ4n) is 1.37. The maximum atomic E-state index is 11.6. The van der Waals surface area contributed by atoms with Gasteiger partial charge in [-0.15, -0.1) is 0 Å². The van der Waals surface area contributed by atoms with Gasteiger partial charge in [-0.05, 0) is 19.3 Å².